The SMILES string of the molecule is Cc1ccc(-c2cc([N+](=O)[O-])cc(-c3ccc(C)cc3)c2O)cc1. The van der Waals surface area contributed by atoms with Crippen LogP contribution in [0, 0.1) is 24.0 Å². The summed E-state index contributed by atoms with van der Waals surface area (Å²) in [5.41, 5.74) is 4.54. The van der Waals surface area contributed by atoms with Gasteiger partial charge in [-0.1, -0.05) is 59.7 Å². The number of phenols is 1. The third kappa shape index (κ3) is 2.99. The molecule has 3 aromatic carbocycles. The van der Waals surface area contributed by atoms with Crippen LogP contribution in [-0.4, -0.2) is 10.0 Å². The number of aryl methyl sites for hydroxylation is 2. The van der Waals surface area contributed by atoms with Crippen LogP contribution in [-0.2, 0) is 0 Å². The minimum atomic E-state index is -0.436. The second kappa shape index (κ2) is 6.16. The number of aromatic hydroxyl groups is 1. The van der Waals surface area contributed by atoms with Crippen LogP contribution in [0.1, 0.15) is 11.1 Å². The van der Waals surface area contributed by atoms with Gasteiger partial charge in [-0.05, 0) is 25.0 Å². The van der Waals surface area contributed by atoms with Crippen molar-refractivity contribution < 1.29 is 10.0 Å². The standard InChI is InChI=1S/C20H17NO3/c1-13-3-7-15(8-4-13)18-11-17(21(23)24)12-19(20(18)22)16-9-5-14(2)6-10-16/h3-12,22H,1-2H3. The first-order valence-electron chi connectivity index (χ1n) is 7.61. The van der Waals surface area contributed by atoms with Crippen LogP contribution < -0.4 is 0 Å². The summed E-state index contributed by atoms with van der Waals surface area (Å²) < 4.78 is 0. The largest absolute Gasteiger partial charge is 0.507 e. The zero-order valence-corrected chi connectivity index (χ0v) is 13.5. The van der Waals surface area contributed by atoms with Gasteiger partial charge in [0.2, 0.25) is 0 Å². The highest BCUT2D eigenvalue weighted by Gasteiger charge is 2.18. The summed E-state index contributed by atoms with van der Waals surface area (Å²) in [5, 5.41) is 22.0. The molecule has 0 unspecified atom stereocenters. The summed E-state index contributed by atoms with van der Waals surface area (Å²) in [6, 6.07) is 17.9. The maximum absolute atomic E-state index is 11.3. The molecule has 24 heavy (non-hydrogen) atoms. The van der Waals surface area contributed by atoms with Gasteiger partial charge >= 0.3 is 0 Å². The van der Waals surface area contributed by atoms with E-state index >= 15 is 0 Å². The lowest BCUT2D eigenvalue weighted by atomic mass is 9.95. The molecule has 0 saturated heterocycles. The normalized spacial score (nSPS) is 10.6. The smallest absolute Gasteiger partial charge is 0.270 e. The second-order valence-electron chi connectivity index (χ2n) is 5.88. The average molecular weight is 319 g/mol. The van der Waals surface area contributed by atoms with E-state index in [2.05, 4.69) is 0 Å². The van der Waals surface area contributed by atoms with E-state index in [0.29, 0.717) is 11.1 Å². The molecule has 0 amide bonds. The summed E-state index contributed by atoms with van der Waals surface area (Å²) in [4.78, 5) is 10.9. The van der Waals surface area contributed by atoms with Gasteiger partial charge in [0.1, 0.15) is 5.75 Å². The van der Waals surface area contributed by atoms with Gasteiger partial charge in [-0.3, -0.25) is 10.1 Å². The van der Waals surface area contributed by atoms with Gasteiger partial charge in [0.25, 0.3) is 5.69 Å². The van der Waals surface area contributed by atoms with Crippen molar-refractivity contribution in [2.24, 2.45) is 0 Å². The van der Waals surface area contributed by atoms with Crippen LogP contribution in [0.2, 0.25) is 0 Å². The lowest BCUT2D eigenvalue weighted by molar-refractivity contribution is -0.384. The molecular weight excluding hydrogens is 302 g/mol. The predicted octanol–water partition coefficient (Wildman–Crippen LogP) is 5.25. The van der Waals surface area contributed by atoms with Gasteiger partial charge in [-0.15, -0.1) is 0 Å². The number of hydrogen-bond donors (Lipinski definition) is 1. The molecular formula is C20H17NO3. The minimum Gasteiger partial charge on any atom is -0.507 e. The molecule has 0 fully saturated rings. The maximum atomic E-state index is 11.3. The number of benzene rings is 3. The number of phenolic OH excluding ortho intramolecular Hbond substituents is 1. The van der Waals surface area contributed by atoms with Gasteiger partial charge in [0.05, 0.1) is 4.92 Å². The fraction of sp³-hybridized carbons (Fsp3) is 0.100. The topological polar surface area (TPSA) is 63.4 Å². The molecule has 1 N–H and O–H groups in total. The van der Waals surface area contributed by atoms with E-state index in [1.165, 1.54) is 12.1 Å². The lowest BCUT2D eigenvalue weighted by Crippen LogP contribution is -1.92. The summed E-state index contributed by atoms with van der Waals surface area (Å²) in [6.45, 7) is 3.93. The Bertz CT molecular complexity index is 831. The third-order valence-electron chi connectivity index (χ3n) is 4.03. The average Bonchev–Trinajstić information content (AvgIpc) is 2.57. The van der Waals surface area contributed by atoms with Crippen LogP contribution in [0.15, 0.2) is 60.7 Å². The Kier molecular flexibility index (Phi) is 4.04. The molecule has 0 aliphatic carbocycles. The molecule has 3 aromatic rings. The third-order valence-corrected chi connectivity index (χ3v) is 4.03. The predicted molar refractivity (Wildman–Crippen MR) is 95.1 cm³/mol. The summed E-state index contributed by atoms with van der Waals surface area (Å²) in [5.74, 6) is 0.0494. The molecule has 0 aliphatic rings. The number of rotatable bonds is 3. The zero-order chi connectivity index (χ0) is 17.3. The van der Waals surface area contributed by atoms with E-state index in [-0.39, 0.29) is 11.4 Å². The van der Waals surface area contributed by atoms with Crippen molar-refractivity contribution in [3.8, 4) is 28.0 Å². The molecule has 0 radical (unpaired) electrons. The van der Waals surface area contributed by atoms with Crippen molar-refractivity contribution in [3.05, 3.63) is 81.9 Å². The Morgan fingerprint density at radius 2 is 1.17 bits per heavy atom. The molecule has 0 atom stereocenters. The monoisotopic (exact) mass is 319 g/mol. The molecule has 0 bridgehead atoms. The highest BCUT2D eigenvalue weighted by atomic mass is 16.6. The molecule has 0 heterocycles. The van der Waals surface area contributed by atoms with Crippen molar-refractivity contribution in [2.75, 3.05) is 0 Å². The van der Waals surface area contributed by atoms with Gasteiger partial charge in [0.15, 0.2) is 0 Å². The van der Waals surface area contributed by atoms with Gasteiger partial charge in [0, 0.05) is 23.3 Å². The fourth-order valence-electron chi connectivity index (χ4n) is 2.63. The fourth-order valence-corrected chi connectivity index (χ4v) is 2.63. The van der Waals surface area contributed by atoms with E-state index in [1.807, 2.05) is 62.4 Å². The summed E-state index contributed by atoms with van der Waals surface area (Å²) >= 11 is 0. The molecule has 0 spiro atoms. The highest BCUT2D eigenvalue weighted by molar-refractivity contribution is 5.84. The number of non-ortho nitro benzene ring substituents is 1. The summed E-state index contributed by atoms with van der Waals surface area (Å²) in [6.07, 6.45) is 0. The van der Waals surface area contributed by atoms with Crippen molar-refractivity contribution in [3.63, 3.8) is 0 Å². The van der Waals surface area contributed by atoms with E-state index < -0.39 is 4.92 Å². The molecule has 0 aromatic heterocycles. The number of nitro benzene ring substituents is 1. The Morgan fingerprint density at radius 1 is 0.792 bits per heavy atom. The first-order chi connectivity index (χ1) is 11.5. The van der Waals surface area contributed by atoms with Crippen molar-refractivity contribution >= 4 is 5.69 Å². The van der Waals surface area contributed by atoms with E-state index in [1.54, 1.807) is 0 Å². The highest BCUT2D eigenvalue weighted by Crippen LogP contribution is 2.41. The second-order valence-corrected chi connectivity index (χ2v) is 5.88. The minimum absolute atomic E-state index is 0.0426. The van der Waals surface area contributed by atoms with Crippen molar-refractivity contribution in [2.45, 2.75) is 13.8 Å². The lowest BCUT2D eigenvalue weighted by Gasteiger charge is -2.11. The van der Waals surface area contributed by atoms with E-state index in [4.69, 9.17) is 0 Å². The molecule has 4 nitrogen and oxygen atoms in total. The first-order valence-corrected chi connectivity index (χ1v) is 7.61. The number of hydrogen-bond acceptors (Lipinski definition) is 3. The Morgan fingerprint density at radius 3 is 1.50 bits per heavy atom. The maximum Gasteiger partial charge on any atom is 0.270 e. The van der Waals surface area contributed by atoms with Crippen LogP contribution >= 0.6 is 0 Å². The Balaban J connectivity index is 2.24. The molecule has 0 saturated carbocycles. The van der Waals surface area contributed by atoms with E-state index in [0.717, 1.165) is 22.3 Å². The van der Waals surface area contributed by atoms with Crippen LogP contribution in [0.3, 0.4) is 0 Å². The number of nitro groups is 1. The van der Waals surface area contributed by atoms with Gasteiger partial charge in [-0.2, -0.15) is 0 Å². The molecule has 3 rings (SSSR count). The quantitative estimate of drug-likeness (QED) is 0.529. The van der Waals surface area contributed by atoms with Crippen molar-refractivity contribution in [1.82, 2.24) is 0 Å². The van der Waals surface area contributed by atoms with Crippen LogP contribution in [0.25, 0.3) is 22.3 Å². The Hall–Kier alpha value is -3.14. The molecule has 0 aliphatic heterocycles. The van der Waals surface area contributed by atoms with Gasteiger partial charge in [-0.25, -0.2) is 0 Å². The first kappa shape index (κ1) is 15.7. The van der Waals surface area contributed by atoms with E-state index in [9.17, 15) is 15.2 Å². The van der Waals surface area contributed by atoms with Crippen molar-refractivity contribution in [1.29, 1.82) is 0 Å². The molecule has 4 heteroatoms. The number of nitrogens with zero attached hydrogens (tertiary/aromatic N) is 1. The summed E-state index contributed by atoms with van der Waals surface area (Å²) in [7, 11) is 0. The van der Waals surface area contributed by atoms with Crippen LogP contribution in [0.4, 0.5) is 5.69 Å². The van der Waals surface area contributed by atoms with Crippen LogP contribution in [0.5, 0.6) is 5.75 Å². The zero-order valence-electron chi connectivity index (χ0n) is 13.5. The molecule has 120 valence electrons. The Labute approximate surface area is 140 Å². The van der Waals surface area contributed by atoms with Gasteiger partial charge < -0.3 is 5.11 Å².